The molecular formula is C14H17FN2O2. The minimum Gasteiger partial charge on any atom is -0.443 e. The number of rotatable bonds is 1. The van der Waals surface area contributed by atoms with Crippen LogP contribution in [0.3, 0.4) is 0 Å². The fourth-order valence-corrected chi connectivity index (χ4v) is 1.90. The van der Waals surface area contributed by atoms with Gasteiger partial charge in [-0.2, -0.15) is 0 Å². The first-order valence-electron chi connectivity index (χ1n) is 6.05. The van der Waals surface area contributed by atoms with Crippen molar-refractivity contribution in [3.05, 3.63) is 35.8 Å². The van der Waals surface area contributed by atoms with Gasteiger partial charge in [0.15, 0.2) is 0 Å². The Bertz CT molecular complexity index is 626. The van der Waals surface area contributed by atoms with E-state index in [1.165, 1.54) is 16.7 Å². The van der Waals surface area contributed by atoms with Gasteiger partial charge in [-0.15, -0.1) is 0 Å². The van der Waals surface area contributed by atoms with Crippen LogP contribution in [0.15, 0.2) is 24.4 Å². The van der Waals surface area contributed by atoms with Gasteiger partial charge in [0.1, 0.15) is 11.4 Å². The van der Waals surface area contributed by atoms with Gasteiger partial charge in [-0.25, -0.2) is 9.18 Å². The van der Waals surface area contributed by atoms with E-state index < -0.39 is 11.7 Å². The number of nitrogens with two attached hydrogens (primary N) is 1. The van der Waals surface area contributed by atoms with E-state index in [-0.39, 0.29) is 12.4 Å². The highest BCUT2D eigenvalue weighted by atomic mass is 19.1. The number of benzene rings is 1. The summed E-state index contributed by atoms with van der Waals surface area (Å²) in [6, 6.07) is 4.23. The van der Waals surface area contributed by atoms with Crippen LogP contribution in [-0.2, 0) is 11.3 Å². The van der Waals surface area contributed by atoms with Crippen molar-refractivity contribution < 1.29 is 13.9 Å². The van der Waals surface area contributed by atoms with E-state index in [1.807, 2.05) is 0 Å². The van der Waals surface area contributed by atoms with Crippen molar-refractivity contribution in [2.24, 2.45) is 5.73 Å². The third kappa shape index (κ3) is 2.76. The molecule has 0 aliphatic rings. The number of nitrogens with zero attached hydrogens (tertiary/aromatic N) is 1. The Morgan fingerprint density at radius 3 is 2.68 bits per heavy atom. The number of hydrogen-bond acceptors (Lipinski definition) is 3. The highest BCUT2D eigenvalue weighted by Crippen LogP contribution is 2.23. The molecule has 0 aliphatic heterocycles. The van der Waals surface area contributed by atoms with E-state index >= 15 is 0 Å². The van der Waals surface area contributed by atoms with Crippen molar-refractivity contribution in [1.82, 2.24) is 4.57 Å². The second-order valence-corrected chi connectivity index (χ2v) is 5.37. The summed E-state index contributed by atoms with van der Waals surface area (Å²) in [5.74, 6) is -0.357. The lowest BCUT2D eigenvalue weighted by Crippen LogP contribution is -2.26. The topological polar surface area (TPSA) is 57.2 Å². The van der Waals surface area contributed by atoms with E-state index in [2.05, 4.69) is 0 Å². The molecule has 2 rings (SSSR count). The number of hydrogen-bond donors (Lipinski definition) is 1. The summed E-state index contributed by atoms with van der Waals surface area (Å²) < 4.78 is 19.9. The molecule has 19 heavy (non-hydrogen) atoms. The molecule has 4 nitrogen and oxygen atoms in total. The molecule has 2 aromatic rings. The van der Waals surface area contributed by atoms with Crippen molar-refractivity contribution in [3.8, 4) is 0 Å². The Morgan fingerprint density at radius 1 is 1.42 bits per heavy atom. The fourth-order valence-electron chi connectivity index (χ4n) is 1.90. The zero-order valence-electron chi connectivity index (χ0n) is 11.2. The number of carbonyl (C=O) groups is 1. The normalized spacial score (nSPS) is 11.8. The van der Waals surface area contributed by atoms with Crippen LogP contribution in [0.4, 0.5) is 9.18 Å². The summed E-state index contributed by atoms with van der Waals surface area (Å²) in [6.45, 7) is 5.61. The smallest absolute Gasteiger partial charge is 0.419 e. The monoisotopic (exact) mass is 264 g/mol. The van der Waals surface area contributed by atoms with Crippen LogP contribution in [0.5, 0.6) is 0 Å². The maximum Gasteiger partial charge on any atom is 0.419 e. The van der Waals surface area contributed by atoms with Gasteiger partial charge in [0.05, 0.1) is 5.52 Å². The van der Waals surface area contributed by atoms with Gasteiger partial charge in [0, 0.05) is 18.1 Å². The second kappa shape index (κ2) is 4.66. The molecule has 0 radical (unpaired) electrons. The maximum absolute atomic E-state index is 13.3. The average molecular weight is 264 g/mol. The Hall–Kier alpha value is -1.88. The van der Waals surface area contributed by atoms with Gasteiger partial charge >= 0.3 is 6.09 Å². The van der Waals surface area contributed by atoms with Crippen LogP contribution in [0.1, 0.15) is 26.3 Å². The quantitative estimate of drug-likeness (QED) is 0.861. The molecule has 0 unspecified atom stereocenters. The third-order valence-corrected chi connectivity index (χ3v) is 2.66. The lowest BCUT2D eigenvalue weighted by atomic mass is 10.2. The van der Waals surface area contributed by atoms with Crippen molar-refractivity contribution in [2.75, 3.05) is 0 Å². The minimum absolute atomic E-state index is 0.232. The minimum atomic E-state index is -0.587. The molecule has 0 atom stereocenters. The van der Waals surface area contributed by atoms with Gasteiger partial charge in [-0.05, 0) is 44.5 Å². The molecule has 0 amide bonds. The van der Waals surface area contributed by atoms with Gasteiger partial charge in [0.2, 0.25) is 0 Å². The van der Waals surface area contributed by atoms with E-state index in [4.69, 9.17) is 10.5 Å². The van der Waals surface area contributed by atoms with E-state index in [1.54, 1.807) is 33.0 Å². The molecule has 2 N–H and O–H groups in total. The van der Waals surface area contributed by atoms with Crippen molar-refractivity contribution in [1.29, 1.82) is 0 Å². The predicted octanol–water partition coefficient (Wildman–Crippen LogP) is 3.02. The average Bonchev–Trinajstić information content (AvgIpc) is 2.64. The van der Waals surface area contributed by atoms with Gasteiger partial charge in [-0.3, -0.25) is 4.57 Å². The molecule has 1 aromatic carbocycles. The summed E-state index contributed by atoms with van der Waals surface area (Å²) in [5.41, 5.74) is 6.33. The maximum atomic E-state index is 13.3. The largest absolute Gasteiger partial charge is 0.443 e. The summed E-state index contributed by atoms with van der Waals surface area (Å²) >= 11 is 0. The number of fused-ring (bicyclic) bond motifs is 1. The molecule has 1 heterocycles. The third-order valence-electron chi connectivity index (χ3n) is 2.66. The Morgan fingerprint density at radius 2 is 2.11 bits per heavy atom. The first kappa shape index (κ1) is 13.5. The van der Waals surface area contributed by atoms with Crippen LogP contribution < -0.4 is 5.73 Å². The molecule has 0 spiro atoms. The molecule has 0 saturated carbocycles. The molecule has 5 heteroatoms. The zero-order valence-corrected chi connectivity index (χ0v) is 11.2. The highest BCUT2D eigenvalue weighted by Gasteiger charge is 2.20. The van der Waals surface area contributed by atoms with E-state index in [0.29, 0.717) is 16.5 Å². The van der Waals surface area contributed by atoms with Crippen LogP contribution >= 0.6 is 0 Å². The Kier molecular flexibility index (Phi) is 3.32. The van der Waals surface area contributed by atoms with Gasteiger partial charge < -0.3 is 10.5 Å². The highest BCUT2D eigenvalue weighted by molar-refractivity contribution is 5.92. The number of aromatic nitrogens is 1. The second-order valence-electron chi connectivity index (χ2n) is 5.37. The molecule has 1 aromatic heterocycles. The number of ether oxygens (including phenoxy) is 1. The molecular weight excluding hydrogens is 247 g/mol. The Balaban J connectivity index is 2.52. The molecule has 0 bridgehead atoms. The summed E-state index contributed by atoms with van der Waals surface area (Å²) in [6.07, 6.45) is 1.10. The fraction of sp³-hybridized carbons (Fsp3) is 0.357. The number of halogens is 1. The van der Waals surface area contributed by atoms with Crippen molar-refractivity contribution in [2.45, 2.75) is 32.9 Å². The molecule has 0 saturated heterocycles. The zero-order chi connectivity index (χ0) is 14.2. The van der Waals surface area contributed by atoms with Crippen LogP contribution in [0, 0.1) is 5.82 Å². The van der Waals surface area contributed by atoms with Crippen LogP contribution in [0.25, 0.3) is 10.9 Å². The van der Waals surface area contributed by atoms with Gasteiger partial charge in [-0.1, -0.05) is 0 Å². The standard InChI is InChI=1S/C14H17FN2O2/c1-14(2,3)19-13(18)17-8-9(7-16)11-6-10(15)4-5-12(11)17/h4-6,8H,7,16H2,1-3H3. The Labute approximate surface area is 111 Å². The lowest BCUT2D eigenvalue weighted by Gasteiger charge is -2.19. The first-order chi connectivity index (χ1) is 8.81. The SMILES string of the molecule is CC(C)(C)OC(=O)n1cc(CN)c2cc(F)ccc21. The first-order valence-corrected chi connectivity index (χ1v) is 6.05. The van der Waals surface area contributed by atoms with Crippen molar-refractivity contribution in [3.63, 3.8) is 0 Å². The van der Waals surface area contributed by atoms with E-state index in [9.17, 15) is 9.18 Å². The summed E-state index contributed by atoms with van der Waals surface area (Å²) in [7, 11) is 0. The molecule has 0 fully saturated rings. The summed E-state index contributed by atoms with van der Waals surface area (Å²) in [4.78, 5) is 12.1. The summed E-state index contributed by atoms with van der Waals surface area (Å²) in [5, 5.41) is 0.633. The van der Waals surface area contributed by atoms with E-state index in [0.717, 1.165) is 0 Å². The number of carbonyl (C=O) groups excluding carboxylic acids is 1. The van der Waals surface area contributed by atoms with Crippen LogP contribution in [-0.4, -0.2) is 16.3 Å². The van der Waals surface area contributed by atoms with Crippen molar-refractivity contribution >= 4 is 17.0 Å². The van der Waals surface area contributed by atoms with Gasteiger partial charge in [0.25, 0.3) is 0 Å². The lowest BCUT2D eigenvalue weighted by molar-refractivity contribution is 0.0544. The van der Waals surface area contributed by atoms with Crippen LogP contribution in [0.2, 0.25) is 0 Å². The molecule has 0 aliphatic carbocycles. The predicted molar refractivity (Wildman–Crippen MR) is 71.4 cm³/mol. The molecule has 102 valence electrons.